The highest BCUT2D eigenvalue weighted by Crippen LogP contribution is 2.50. The van der Waals surface area contributed by atoms with E-state index in [4.69, 9.17) is 14.2 Å². The number of methoxy groups -OCH3 is 2. The van der Waals surface area contributed by atoms with Gasteiger partial charge in [0.25, 0.3) is 0 Å². The molecule has 3 aromatic carbocycles. The Morgan fingerprint density at radius 3 is 2.00 bits per heavy atom. The Morgan fingerprint density at radius 1 is 0.852 bits per heavy atom. The standard InChI is InChI=1S/C21H20O6/c1-4-27-21(24)18-19(22)13-9-6-5-8-12(13)16(20(18)23)17-14(25-2)10-7-11-15(17)26-3/h5-11,22-23H,4H2,1-3H3. The molecule has 0 heterocycles. The van der Waals surface area contributed by atoms with Crippen molar-refractivity contribution in [3.05, 3.63) is 48.0 Å². The molecule has 0 unspecified atom stereocenters. The van der Waals surface area contributed by atoms with Gasteiger partial charge in [0.05, 0.1) is 26.4 Å². The van der Waals surface area contributed by atoms with E-state index in [1.54, 1.807) is 49.4 Å². The minimum atomic E-state index is -0.812. The number of fused-ring (bicyclic) bond motifs is 1. The zero-order valence-electron chi connectivity index (χ0n) is 15.3. The van der Waals surface area contributed by atoms with Gasteiger partial charge in [0.15, 0.2) is 0 Å². The number of carbonyl (C=O) groups is 1. The van der Waals surface area contributed by atoms with Gasteiger partial charge in [-0.05, 0) is 24.4 Å². The molecule has 0 atom stereocenters. The van der Waals surface area contributed by atoms with Crippen LogP contribution < -0.4 is 9.47 Å². The largest absolute Gasteiger partial charge is 0.506 e. The fourth-order valence-corrected chi connectivity index (χ4v) is 3.15. The van der Waals surface area contributed by atoms with Crippen molar-refractivity contribution in [2.75, 3.05) is 20.8 Å². The van der Waals surface area contributed by atoms with Crippen LogP contribution in [0.4, 0.5) is 0 Å². The number of aromatic hydroxyl groups is 2. The van der Waals surface area contributed by atoms with Crippen molar-refractivity contribution in [3.8, 4) is 34.1 Å². The van der Waals surface area contributed by atoms with Crippen LogP contribution in [0.25, 0.3) is 21.9 Å². The minimum Gasteiger partial charge on any atom is -0.506 e. The van der Waals surface area contributed by atoms with Gasteiger partial charge in [-0.25, -0.2) is 4.79 Å². The molecule has 0 bridgehead atoms. The third kappa shape index (κ3) is 2.99. The molecule has 0 fully saturated rings. The van der Waals surface area contributed by atoms with Gasteiger partial charge in [-0.1, -0.05) is 30.3 Å². The van der Waals surface area contributed by atoms with Gasteiger partial charge >= 0.3 is 5.97 Å². The third-order valence-corrected chi connectivity index (χ3v) is 4.32. The summed E-state index contributed by atoms with van der Waals surface area (Å²) in [5.74, 6) is -0.634. The Labute approximate surface area is 156 Å². The fraction of sp³-hybridized carbons (Fsp3) is 0.190. The summed E-state index contributed by atoms with van der Waals surface area (Å²) in [4.78, 5) is 12.4. The Bertz CT molecular complexity index is 987. The van der Waals surface area contributed by atoms with Crippen LogP contribution in [-0.4, -0.2) is 37.0 Å². The van der Waals surface area contributed by atoms with Gasteiger partial charge in [0, 0.05) is 10.9 Å². The van der Waals surface area contributed by atoms with Crippen molar-refractivity contribution < 1.29 is 29.2 Å². The van der Waals surface area contributed by atoms with E-state index in [9.17, 15) is 15.0 Å². The highest BCUT2D eigenvalue weighted by molar-refractivity contribution is 6.12. The summed E-state index contributed by atoms with van der Waals surface area (Å²) in [6, 6.07) is 12.1. The van der Waals surface area contributed by atoms with Crippen LogP contribution >= 0.6 is 0 Å². The minimum absolute atomic E-state index is 0.109. The summed E-state index contributed by atoms with van der Waals surface area (Å²) in [6.07, 6.45) is 0. The summed E-state index contributed by atoms with van der Waals surface area (Å²) in [5.41, 5.74) is 0.501. The molecule has 0 spiro atoms. The van der Waals surface area contributed by atoms with Crippen molar-refractivity contribution >= 4 is 16.7 Å². The van der Waals surface area contributed by atoms with E-state index in [1.165, 1.54) is 14.2 Å². The maximum absolute atomic E-state index is 12.4. The molecule has 3 aromatic rings. The quantitative estimate of drug-likeness (QED) is 0.659. The second-order valence-corrected chi connectivity index (χ2v) is 5.75. The Hall–Kier alpha value is -3.41. The molecule has 27 heavy (non-hydrogen) atoms. The van der Waals surface area contributed by atoms with Crippen LogP contribution in [0.3, 0.4) is 0 Å². The molecule has 6 heteroatoms. The van der Waals surface area contributed by atoms with Gasteiger partial charge in [-0.15, -0.1) is 0 Å². The first-order chi connectivity index (χ1) is 13.0. The molecule has 0 aromatic heterocycles. The number of rotatable bonds is 5. The lowest BCUT2D eigenvalue weighted by Crippen LogP contribution is -2.07. The Morgan fingerprint density at radius 2 is 1.44 bits per heavy atom. The lowest BCUT2D eigenvalue weighted by Gasteiger charge is -2.19. The van der Waals surface area contributed by atoms with E-state index in [0.29, 0.717) is 33.4 Å². The molecule has 3 rings (SSSR count). The smallest absolute Gasteiger partial charge is 0.345 e. The van der Waals surface area contributed by atoms with E-state index >= 15 is 0 Å². The van der Waals surface area contributed by atoms with E-state index in [2.05, 4.69) is 0 Å². The van der Waals surface area contributed by atoms with Gasteiger partial charge in [0.2, 0.25) is 0 Å². The van der Waals surface area contributed by atoms with Crippen molar-refractivity contribution in [1.29, 1.82) is 0 Å². The highest BCUT2D eigenvalue weighted by atomic mass is 16.5. The maximum Gasteiger partial charge on any atom is 0.345 e. The van der Waals surface area contributed by atoms with Crippen LogP contribution in [0.1, 0.15) is 17.3 Å². The van der Waals surface area contributed by atoms with Crippen LogP contribution in [0.15, 0.2) is 42.5 Å². The van der Waals surface area contributed by atoms with Crippen molar-refractivity contribution in [2.45, 2.75) is 6.92 Å². The molecule has 6 nitrogen and oxygen atoms in total. The normalized spacial score (nSPS) is 10.6. The van der Waals surface area contributed by atoms with E-state index < -0.39 is 11.7 Å². The van der Waals surface area contributed by atoms with Crippen molar-refractivity contribution in [3.63, 3.8) is 0 Å². The fourth-order valence-electron chi connectivity index (χ4n) is 3.15. The van der Waals surface area contributed by atoms with E-state index in [0.717, 1.165) is 0 Å². The maximum atomic E-state index is 12.4. The second-order valence-electron chi connectivity index (χ2n) is 5.75. The van der Waals surface area contributed by atoms with Crippen molar-refractivity contribution in [2.24, 2.45) is 0 Å². The van der Waals surface area contributed by atoms with Crippen molar-refractivity contribution in [1.82, 2.24) is 0 Å². The molecule has 0 amide bonds. The summed E-state index contributed by atoms with van der Waals surface area (Å²) < 4.78 is 15.9. The first kappa shape index (κ1) is 18.4. The monoisotopic (exact) mass is 368 g/mol. The predicted octanol–water partition coefficient (Wildman–Crippen LogP) is 4.11. The van der Waals surface area contributed by atoms with Gasteiger partial charge in [0.1, 0.15) is 28.6 Å². The average molecular weight is 368 g/mol. The Balaban J connectivity index is 2.49. The molecule has 2 N–H and O–H groups in total. The van der Waals surface area contributed by atoms with E-state index in [1.807, 2.05) is 0 Å². The number of phenolic OH excluding ortho intramolecular Hbond substituents is 2. The molecule has 0 aliphatic carbocycles. The topological polar surface area (TPSA) is 85.2 Å². The zero-order valence-corrected chi connectivity index (χ0v) is 15.3. The summed E-state index contributed by atoms with van der Waals surface area (Å²) in [5, 5.41) is 22.6. The van der Waals surface area contributed by atoms with Gasteiger partial charge in [-0.3, -0.25) is 0 Å². The van der Waals surface area contributed by atoms with E-state index in [-0.39, 0.29) is 17.9 Å². The molecule has 0 aliphatic heterocycles. The van der Waals surface area contributed by atoms with Gasteiger partial charge < -0.3 is 24.4 Å². The summed E-state index contributed by atoms with van der Waals surface area (Å²) in [7, 11) is 3.01. The zero-order chi connectivity index (χ0) is 19.6. The highest BCUT2D eigenvalue weighted by Gasteiger charge is 2.28. The van der Waals surface area contributed by atoms with Crippen LogP contribution in [0.2, 0.25) is 0 Å². The molecule has 0 aliphatic rings. The molecule has 0 saturated carbocycles. The SMILES string of the molecule is CCOC(=O)c1c(O)c(-c2c(OC)cccc2OC)c2ccccc2c1O. The summed E-state index contributed by atoms with van der Waals surface area (Å²) in [6.45, 7) is 1.76. The number of ether oxygens (including phenoxy) is 3. The predicted molar refractivity (Wildman–Crippen MR) is 102 cm³/mol. The molecular weight excluding hydrogens is 348 g/mol. The van der Waals surface area contributed by atoms with Crippen LogP contribution in [0, 0.1) is 0 Å². The first-order valence-corrected chi connectivity index (χ1v) is 8.40. The molecule has 0 saturated heterocycles. The average Bonchev–Trinajstić information content (AvgIpc) is 2.68. The lowest BCUT2D eigenvalue weighted by atomic mass is 9.92. The van der Waals surface area contributed by atoms with Crippen LogP contribution in [-0.2, 0) is 4.74 Å². The molecule has 140 valence electrons. The number of hydrogen-bond donors (Lipinski definition) is 2. The number of hydrogen-bond acceptors (Lipinski definition) is 6. The molecular formula is C21H20O6. The number of esters is 1. The second kappa shape index (κ2) is 7.45. The molecule has 0 radical (unpaired) electrons. The number of benzene rings is 3. The third-order valence-electron chi connectivity index (χ3n) is 4.32. The Kier molecular flexibility index (Phi) is 5.07. The summed E-state index contributed by atoms with van der Waals surface area (Å²) >= 11 is 0. The number of carbonyl (C=O) groups excluding carboxylic acids is 1. The first-order valence-electron chi connectivity index (χ1n) is 8.40. The van der Waals surface area contributed by atoms with Crippen LogP contribution in [0.5, 0.6) is 23.0 Å². The number of phenols is 2. The lowest BCUT2D eigenvalue weighted by molar-refractivity contribution is 0.0520. The van der Waals surface area contributed by atoms with Gasteiger partial charge in [-0.2, -0.15) is 0 Å².